The number of halogens is 1. The molecule has 0 saturated carbocycles. The summed E-state index contributed by atoms with van der Waals surface area (Å²) in [5, 5.41) is 0. The molecule has 0 spiro atoms. The molecular formula is C10H8IN3. The van der Waals surface area contributed by atoms with Gasteiger partial charge < -0.3 is 0 Å². The Balaban J connectivity index is 2.52. The van der Waals surface area contributed by atoms with E-state index in [-0.39, 0.29) is 0 Å². The normalized spacial score (nSPS) is 10.1. The Kier molecular flexibility index (Phi) is 2.72. The van der Waals surface area contributed by atoms with E-state index in [1.54, 1.807) is 12.4 Å². The molecule has 0 unspecified atom stereocenters. The first-order chi connectivity index (χ1) is 6.75. The van der Waals surface area contributed by atoms with Gasteiger partial charge in [0.1, 0.15) is 9.53 Å². The van der Waals surface area contributed by atoms with E-state index in [9.17, 15) is 0 Å². The predicted octanol–water partition coefficient (Wildman–Crippen LogP) is 2.45. The molecule has 3 nitrogen and oxygen atoms in total. The van der Waals surface area contributed by atoms with Crippen molar-refractivity contribution in [3.8, 4) is 11.3 Å². The Morgan fingerprint density at radius 1 is 1.29 bits per heavy atom. The molecule has 0 aliphatic rings. The molecule has 70 valence electrons. The lowest BCUT2D eigenvalue weighted by atomic mass is 10.2. The van der Waals surface area contributed by atoms with E-state index >= 15 is 0 Å². The van der Waals surface area contributed by atoms with Crippen molar-refractivity contribution in [1.29, 1.82) is 0 Å². The molecule has 2 heterocycles. The van der Waals surface area contributed by atoms with Crippen LogP contribution in [-0.2, 0) is 0 Å². The second-order valence-corrected chi connectivity index (χ2v) is 3.97. The van der Waals surface area contributed by atoms with Crippen LogP contribution in [-0.4, -0.2) is 15.0 Å². The third-order valence-corrected chi connectivity index (χ3v) is 2.32. The van der Waals surface area contributed by atoms with Gasteiger partial charge in [0.2, 0.25) is 0 Å². The maximum atomic E-state index is 4.35. The molecule has 0 bridgehead atoms. The minimum Gasteiger partial charge on any atom is -0.264 e. The lowest BCUT2D eigenvalue weighted by Gasteiger charge is -2.01. The molecule has 14 heavy (non-hydrogen) atoms. The molecule has 0 atom stereocenters. The van der Waals surface area contributed by atoms with Crippen molar-refractivity contribution >= 4 is 22.6 Å². The van der Waals surface area contributed by atoms with Crippen LogP contribution in [0, 0.1) is 10.6 Å². The summed E-state index contributed by atoms with van der Waals surface area (Å²) in [7, 11) is 0. The minimum atomic E-state index is 0.788. The first kappa shape index (κ1) is 9.51. The Labute approximate surface area is 95.8 Å². The van der Waals surface area contributed by atoms with Crippen molar-refractivity contribution in [2.75, 3.05) is 0 Å². The maximum absolute atomic E-state index is 4.35. The second-order valence-electron chi connectivity index (χ2n) is 2.86. The number of aromatic nitrogens is 3. The first-order valence-corrected chi connectivity index (χ1v) is 5.25. The number of aryl methyl sites for hydroxylation is 1. The van der Waals surface area contributed by atoms with E-state index in [0.717, 1.165) is 20.8 Å². The summed E-state index contributed by atoms with van der Waals surface area (Å²) in [4.78, 5) is 12.6. The van der Waals surface area contributed by atoms with Gasteiger partial charge in [-0.15, -0.1) is 0 Å². The van der Waals surface area contributed by atoms with Crippen LogP contribution >= 0.6 is 22.6 Å². The quantitative estimate of drug-likeness (QED) is 0.599. The molecule has 0 N–H and O–H groups in total. The summed E-state index contributed by atoms with van der Waals surface area (Å²) in [6, 6.07) is 5.84. The molecule has 0 aliphatic carbocycles. The van der Waals surface area contributed by atoms with E-state index in [4.69, 9.17) is 0 Å². The van der Waals surface area contributed by atoms with Crippen LogP contribution < -0.4 is 0 Å². The third-order valence-electron chi connectivity index (χ3n) is 1.76. The lowest BCUT2D eigenvalue weighted by molar-refractivity contribution is 1.03. The van der Waals surface area contributed by atoms with Crippen molar-refractivity contribution in [2.24, 2.45) is 0 Å². The monoisotopic (exact) mass is 297 g/mol. The van der Waals surface area contributed by atoms with Crippen LogP contribution in [0.15, 0.2) is 30.6 Å². The number of hydrogen-bond acceptors (Lipinski definition) is 3. The van der Waals surface area contributed by atoms with Gasteiger partial charge in [-0.25, -0.2) is 9.97 Å². The number of rotatable bonds is 1. The number of nitrogens with zero attached hydrogens (tertiary/aromatic N) is 3. The van der Waals surface area contributed by atoms with Crippen LogP contribution in [0.5, 0.6) is 0 Å². The molecular weight excluding hydrogens is 289 g/mol. The van der Waals surface area contributed by atoms with Gasteiger partial charge in [0, 0.05) is 18.0 Å². The summed E-state index contributed by atoms with van der Waals surface area (Å²) in [6.07, 6.45) is 3.56. The zero-order valence-corrected chi connectivity index (χ0v) is 9.76. The summed E-state index contributed by atoms with van der Waals surface area (Å²) in [5.41, 5.74) is 1.95. The average Bonchev–Trinajstić information content (AvgIpc) is 2.18. The molecule has 2 rings (SSSR count). The summed E-state index contributed by atoms with van der Waals surface area (Å²) in [5.74, 6) is 0.788. The Hall–Kier alpha value is -1.04. The topological polar surface area (TPSA) is 38.7 Å². The molecule has 4 heteroatoms. The van der Waals surface area contributed by atoms with Gasteiger partial charge in [-0.2, -0.15) is 0 Å². The highest BCUT2D eigenvalue weighted by molar-refractivity contribution is 14.1. The molecule has 0 saturated heterocycles. The van der Waals surface area contributed by atoms with Gasteiger partial charge in [0.15, 0.2) is 0 Å². The summed E-state index contributed by atoms with van der Waals surface area (Å²) >= 11 is 2.19. The maximum Gasteiger partial charge on any atom is 0.127 e. The highest BCUT2D eigenvalue weighted by atomic mass is 127. The van der Waals surface area contributed by atoms with Gasteiger partial charge >= 0.3 is 0 Å². The van der Waals surface area contributed by atoms with Crippen molar-refractivity contribution < 1.29 is 0 Å². The first-order valence-electron chi connectivity index (χ1n) is 4.17. The SMILES string of the molecule is Cc1nc(I)cc(-c2cccnc2)n1. The van der Waals surface area contributed by atoms with Gasteiger partial charge in [0.25, 0.3) is 0 Å². The molecule has 0 amide bonds. The largest absolute Gasteiger partial charge is 0.264 e. The van der Waals surface area contributed by atoms with Crippen LogP contribution in [0.1, 0.15) is 5.82 Å². The lowest BCUT2D eigenvalue weighted by Crippen LogP contribution is -1.93. The Morgan fingerprint density at radius 2 is 2.14 bits per heavy atom. The van der Waals surface area contributed by atoms with E-state index in [2.05, 4.69) is 37.5 Å². The molecule has 0 aliphatic heterocycles. The van der Waals surface area contributed by atoms with Gasteiger partial charge in [-0.3, -0.25) is 4.98 Å². The molecule has 0 radical (unpaired) electrons. The minimum absolute atomic E-state index is 0.788. The molecule has 2 aromatic heterocycles. The van der Waals surface area contributed by atoms with Crippen molar-refractivity contribution in [2.45, 2.75) is 6.92 Å². The van der Waals surface area contributed by atoms with Gasteiger partial charge in [-0.05, 0) is 47.7 Å². The summed E-state index contributed by atoms with van der Waals surface area (Å²) < 4.78 is 0.953. The average molecular weight is 297 g/mol. The highest BCUT2D eigenvalue weighted by Crippen LogP contribution is 2.16. The number of hydrogen-bond donors (Lipinski definition) is 0. The fourth-order valence-corrected chi connectivity index (χ4v) is 1.84. The van der Waals surface area contributed by atoms with Gasteiger partial charge in [-0.1, -0.05) is 0 Å². The zero-order chi connectivity index (χ0) is 9.97. The third kappa shape index (κ3) is 2.06. The molecule has 2 aromatic rings. The van der Waals surface area contributed by atoms with E-state index < -0.39 is 0 Å². The van der Waals surface area contributed by atoms with Crippen molar-refractivity contribution in [3.05, 3.63) is 40.1 Å². The Bertz CT molecular complexity index is 422. The van der Waals surface area contributed by atoms with Crippen molar-refractivity contribution in [3.63, 3.8) is 0 Å². The smallest absolute Gasteiger partial charge is 0.127 e. The molecule has 0 fully saturated rings. The highest BCUT2D eigenvalue weighted by Gasteiger charge is 2.01. The van der Waals surface area contributed by atoms with Crippen LogP contribution in [0.25, 0.3) is 11.3 Å². The fourth-order valence-electron chi connectivity index (χ4n) is 1.19. The zero-order valence-electron chi connectivity index (χ0n) is 7.61. The standard InChI is InChI=1S/C10H8IN3/c1-7-13-9(5-10(11)14-7)8-3-2-4-12-6-8/h2-6H,1H3. The van der Waals surface area contributed by atoms with E-state index in [1.807, 2.05) is 25.1 Å². The van der Waals surface area contributed by atoms with Crippen LogP contribution in [0.4, 0.5) is 0 Å². The van der Waals surface area contributed by atoms with Gasteiger partial charge in [0.05, 0.1) is 5.69 Å². The Morgan fingerprint density at radius 3 is 2.79 bits per heavy atom. The van der Waals surface area contributed by atoms with Crippen LogP contribution in [0.3, 0.4) is 0 Å². The van der Waals surface area contributed by atoms with E-state index in [0.29, 0.717) is 0 Å². The predicted molar refractivity (Wildman–Crippen MR) is 62.7 cm³/mol. The van der Waals surface area contributed by atoms with Crippen molar-refractivity contribution in [1.82, 2.24) is 15.0 Å². The summed E-state index contributed by atoms with van der Waals surface area (Å²) in [6.45, 7) is 1.89. The second kappa shape index (κ2) is 4.00. The fraction of sp³-hybridized carbons (Fsp3) is 0.100. The van der Waals surface area contributed by atoms with E-state index in [1.165, 1.54) is 0 Å². The number of pyridine rings is 1. The molecule has 0 aromatic carbocycles. The van der Waals surface area contributed by atoms with Crippen LogP contribution in [0.2, 0.25) is 0 Å².